The molecule has 0 saturated heterocycles. The number of benzene rings is 1. The van der Waals surface area contributed by atoms with E-state index in [4.69, 9.17) is 0 Å². The molecule has 0 bridgehead atoms. The van der Waals surface area contributed by atoms with Crippen molar-refractivity contribution in [1.29, 1.82) is 0 Å². The minimum Gasteiger partial charge on any atom is -0.385 e. The van der Waals surface area contributed by atoms with Gasteiger partial charge < -0.3 is 14.2 Å². The minimum atomic E-state index is -0.610. The summed E-state index contributed by atoms with van der Waals surface area (Å²) in [5, 5.41) is 9.88. The molecule has 4 rings (SSSR count). The van der Waals surface area contributed by atoms with E-state index in [9.17, 15) is 5.11 Å². The van der Waals surface area contributed by atoms with Crippen molar-refractivity contribution in [3.05, 3.63) is 48.8 Å². The first-order chi connectivity index (χ1) is 12.1. The van der Waals surface area contributed by atoms with Crippen LogP contribution >= 0.6 is 0 Å². The molecule has 0 fully saturated rings. The second-order valence-electron chi connectivity index (χ2n) is 6.04. The fourth-order valence-corrected chi connectivity index (χ4v) is 3.18. The van der Waals surface area contributed by atoms with Crippen LogP contribution in [0.2, 0.25) is 0 Å². The van der Waals surface area contributed by atoms with E-state index in [1.165, 1.54) is 0 Å². The highest BCUT2D eigenvalue weighted by Gasteiger charge is 2.16. The van der Waals surface area contributed by atoms with E-state index in [-0.39, 0.29) is 0 Å². The number of hydrogen-bond donors (Lipinski definition) is 1. The van der Waals surface area contributed by atoms with Crippen LogP contribution in [0, 0.1) is 0 Å². The smallest absolute Gasteiger partial charge is 0.181 e. The Hall–Kier alpha value is -2.93. The zero-order chi connectivity index (χ0) is 17.6. The summed E-state index contributed by atoms with van der Waals surface area (Å²) in [6, 6.07) is 6.05. The molecule has 3 heterocycles. The molecule has 0 aliphatic rings. The predicted molar refractivity (Wildman–Crippen MR) is 95.4 cm³/mol. The maximum Gasteiger partial charge on any atom is 0.181 e. The van der Waals surface area contributed by atoms with Gasteiger partial charge in [-0.15, -0.1) is 0 Å². The highest BCUT2D eigenvalue weighted by Crippen LogP contribution is 2.25. The highest BCUT2D eigenvalue weighted by atomic mass is 16.3. The predicted octanol–water partition coefficient (Wildman–Crippen LogP) is 2.70. The van der Waals surface area contributed by atoms with Crippen molar-refractivity contribution < 1.29 is 5.11 Å². The number of imidazole rings is 3. The molecule has 1 unspecified atom stereocenters. The Morgan fingerprint density at radius 1 is 1.12 bits per heavy atom. The molecule has 0 saturated carbocycles. The van der Waals surface area contributed by atoms with Crippen LogP contribution in [0.15, 0.2) is 43.0 Å². The molecule has 1 aromatic carbocycles. The first kappa shape index (κ1) is 15.6. The molecule has 4 aromatic rings. The SMILES string of the molecule is CCn1ccnc1-c1nccn1-c1ccc2c(c1)nc(C(C)O)n2C. The lowest BCUT2D eigenvalue weighted by Gasteiger charge is -2.09. The van der Waals surface area contributed by atoms with Crippen LogP contribution in [0.25, 0.3) is 28.4 Å². The number of nitrogens with zero attached hydrogens (tertiary/aromatic N) is 6. The van der Waals surface area contributed by atoms with Crippen LogP contribution in [0.1, 0.15) is 25.8 Å². The quantitative estimate of drug-likeness (QED) is 0.622. The van der Waals surface area contributed by atoms with E-state index in [0.29, 0.717) is 5.82 Å². The maximum absolute atomic E-state index is 9.88. The van der Waals surface area contributed by atoms with Crippen LogP contribution in [-0.4, -0.2) is 33.8 Å². The summed E-state index contributed by atoms with van der Waals surface area (Å²) in [6.07, 6.45) is 6.82. The van der Waals surface area contributed by atoms with Gasteiger partial charge in [0.05, 0.1) is 11.0 Å². The Labute approximate surface area is 145 Å². The van der Waals surface area contributed by atoms with Crippen molar-refractivity contribution in [1.82, 2.24) is 28.7 Å². The van der Waals surface area contributed by atoms with Crippen LogP contribution in [0.3, 0.4) is 0 Å². The summed E-state index contributed by atoms with van der Waals surface area (Å²) >= 11 is 0. The average molecular weight is 336 g/mol. The Morgan fingerprint density at radius 3 is 2.64 bits per heavy atom. The fourth-order valence-electron chi connectivity index (χ4n) is 3.18. The van der Waals surface area contributed by atoms with Gasteiger partial charge in [-0.25, -0.2) is 15.0 Å². The lowest BCUT2D eigenvalue weighted by atomic mass is 10.2. The number of aliphatic hydroxyl groups is 1. The molecule has 0 spiro atoms. The standard InChI is InChI=1S/C18H20N6O/c1-4-23-9-7-19-17(23)18-20-8-10-24(18)13-5-6-15-14(11-13)21-16(12(2)25)22(15)3/h5-12,25H,4H2,1-3H3. The van der Waals surface area contributed by atoms with Gasteiger partial charge >= 0.3 is 0 Å². The van der Waals surface area contributed by atoms with E-state index < -0.39 is 6.10 Å². The number of aliphatic hydroxyl groups excluding tert-OH is 1. The van der Waals surface area contributed by atoms with Crippen molar-refractivity contribution >= 4 is 11.0 Å². The number of rotatable bonds is 4. The van der Waals surface area contributed by atoms with E-state index >= 15 is 0 Å². The summed E-state index contributed by atoms with van der Waals surface area (Å²) in [6.45, 7) is 4.63. The van der Waals surface area contributed by atoms with E-state index in [1.54, 1.807) is 19.3 Å². The fraction of sp³-hybridized carbons (Fsp3) is 0.278. The van der Waals surface area contributed by atoms with Gasteiger partial charge in [0.2, 0.25) is 0 Å². The zero-order valence-corrected chi connectivity index (χ0v) is 14.5. The largest absolute Gasteiger partial charge is 0.385 e. The van der Waals surface area contributed by atoms with Gasteiger partial charge in [-0.05, 0) is 32.0 Å². The van der Waals surface area contributed by atoms with Gasteiger partial charge in [0.25, 0.3) is 0 Å². The molecule has 25 heavy (non-hydrogen) atoms. The van der Waals surface area contributed by atoms with Crippen molar-refractivity contribution in [2.24, 2.45) is 7.05 Å². The van der Waals surface area contributed by atoms with Gasteiger partial charge in [0, 0.05) is 44.1 Å². The van der Waals surface area contributed by atoms with Gasteiger partial charge in [-0.3, -0.25) is 4.57 Å². The van der Waals surface area contributed by atoms with Crippen LogP contribution in [0.5, 0.6) is 0 Å². The topological polar surface area (TPSA) is 73.7 Å². The van der Waals surface area contributed by atoms with Gasteiger partial charge in [-0.2, -0.15) is 0 Å². The number of aryl methyl sites for hydroxylation is 2. The van der Waals surface area contributed by atoms with E-state index in [2.05, 4.69) is 26.4 Å². The molecular weight excluding hydrogens is 316 g/mol. The molecule has 7 heteroatoms. The third-order valence-electron chi connectivity index (χ3n) is 4.45. The molecule has 7 nitrogen and oxygen atoms in total. The molecule has 1 atom stereocenters. The Kier molecular flexibility index (Phi) is 3.65. The molecule has 0 amide bonds. The lowest BCUT2D eigenvalue weighted by molar-refractivity contribution is 0.186. The van der Waals surface area contributed by atoms with Gasteiger partial charge in [0.1, 0.15) is 11.9 Å². The Balaban J connectivity index is 1.85. The second kappa shape index (κ2) is 5.86. The summed E-state index contributed by atoms with van der Waals surface area (Å²) < 4.78 is 5.98. The first-order valence-corrected chi connectivity index (χ1v) is 8.29. The minimum absolute atomic E-state index is 0.610. The van der Waals surface area contributed by atoms with Crippen LogP contribution < -0.4 is 0 Å². The molecule has 128 valence electrons. The molecule has 3 aromatic heterocycles. The van der Waals surface area contributed by atoms with E-state index in [1.807, 2.05) is 46.8 Å². The summed E-state index contributed by atoms with van der Waals surface area (Å²) in [7, 11) is 1.91. The summed E-state index contributed by atoms with van der Waals surface area (Å²) in [5.74, 6) is 2.27. The lowest BCUT2D eigenvalue weighted by Crippen LogP contribution is -2.03. The Bertz CT molecular complexity index is 1040. The monoisotopic (exact) mass is 336 g/mol. The molecule has 0 radical (unpaired) electrons. The zero-order valence-electron chi connectivity index (χ0n) is 14.5. The highest BCUT2D eigenvalue weighted by molar-refractivity contribution is 5.79. The Morgan fingerprint density at radius 2 is 1.88 bits per heavy atom. The summed E-state index contributed by atoms with van der Waals surface area (Å²) in [5.41, 5.74) is 2.78. The van der Waals surface area contributed by atoms with Crippen molar-refractivity contribution in [3.8, 4) is 17.3 Å². The molecular formula is C18H20N6O. The number of fused-ring (bicyclic) bond motifs is 1. The molecule has 1 N–H and O–H groups in total. The van der Waals surface area contributed by atoms with Crippen molar-refractivity contribution in [2.45, 2.75) is 26.5 Å². The van der Waals surface area contributed by atoms with Crippen LogP contribution in [0.4, 0.5) is 0 Å². The third-order valence-corrected chi connectivity index (χ3v) is 4.45. The number of hydrogen-bond acceptors (Lipinski definition) is 4. The molecule has 0 aliphatic heterocycles. The second-order valence-corrected chi connectivity index (χ2v) is 6.04. The van der Waals surface area contributed by atoms with Crippen molar-refractivity contribution in [3.63, 3.8) is 0 Å². The molecule has 0 aliphatic carbocycles. The van der Waals surface area contributed by atoms with E-state index in [0.717, 1.165) is 34.9 Å². The first-order valence-electron chi connectivity index (χ1n) is 8.29. The average Bonchev–Trinajstić information content (AvgIpc) is 3.31. The van der Waals surface area contributed by atoms with Crippen LogP contribution in [-0.2, 0) is 13.6 Å². The normalized spacial score (nSPS) is 12.8. The van der Waals surface area contributed by atoms with Gasteiger partial charge in [0.15, 0.2) is 11.6 Å². The third kappa shape index (κ3) is 2.44. The number of aromatic nitrogens is 6. The van der Waals surface area contributed by atoms with Crippen molar-refractivity contribution in [2.75, 3.05) is 0 Å². The van der Waals surface area contributed by atoms with Gasteiger partial charge in [-0.1, -0.05) is 0 Å². The summed E-state index contributed by atoms with van der Waals surface area (Å²) in [4.78, 5) is 13.5. The maximum atomic E-state index is 9.88.